The minimum Gasteiger partial charge on any atom is -0.489 e. The number of benzene rings is 2. The maximum Gasteiger partial charge on any atom is 0.328 e. The number of fused-ring (bicyclic) bond motifs is 2. The normalized spacial score (nSPS) is 18.9. The zero-order chi connectivity index (χ0) is 21.5. The van der Waals surface area contributed by atoms with Gasteiger partial charge in [0.2, 0.25) is 0 Å². The van der Waals surface area contributed by atoms with Gasteiger partial charge in [0.15, 0.2) is 0 Å². The molecule has 2 N–H and O–H groups in total. The second kappa shape index (κ2) is 10.0. The van der Waals surface area contributed by atoms with E-state index in [0.717, 1.165) is 31.9 Å². The summed E-state index contributed by atoms with van der Waals surface area (Å²) < 4.78 is 6.08. The van der Waals surface area contributed by atoms with Crippen LogP contribution in [0.2, 0.25) is 0 Å². The summed E-state index contributed by atoms with van der Waals surface area (Å²) in [5.74, 6) is -1.48. The molecule has 4 rings (SSSR count). The second-order valence-corrected chi connectivity index (χ2v) is 7.28. The molecule has 0 aliphatic carbocycles. The lowest BCUT2D eigenvalue weighted by Gasteiger charge is -2.38. The van der Waals surface area contributed by atoms with Gasteiger partial charge in [-0.25, -0.2) is 9.59 Å². The van der Waals surface area contributed by atoms with Crippen LogP contribution >= 0.6 is 0 Å². The van der Waals surface area contributed by atoms with Crippen molar-refractivity contribution in [1.29, 1.82) is 0 Å². The first-order valence-electron chi connectivity index (χ1n) is 9.81. The van der Waals surface area contributed by atoms with Crippen LogP contribution in [0.25, 0.3) is 0 Å². The smallest absolute Gasteiger partial charge is 0.328 e. The van der Waals surface area contributed by atoms with Gasteiger partial charge >= 0.3 is 11.9 Å². The Labute approximate surface area is 175 Å². The summed E-state index contributed by atoms with van der Waals surface area (Å²) >= 11 is 0. The third kappa shape index (κ3) is 5.46. The molecule has 2 heterocycles. The van der Waals surface area contributed by atoms with Crippen molar-refractivity contribution in [1.82, 2.24) is 9.80 Å². The van der Waals surface area contributed by atoms with E-state index in [1.165, 1.54) is 16.7 Å². The zero-order valence-corrected chi connectivity index (χ0v) is 16.9. The zero-order valence-electron chi connectivity index (χ0n) is 16.9. The molecule has 30 heavy (non-hydrogen) atoms. The lowest BCUT2D eigenvalue weighted by molar-refractivity contribution is -0.134. The first kappa shape index (κ1) is 21.5. The Bertz CT molecular complexity index is 856. The third-order valence-electron chi connectivity index (χ3n) is 5.22. The first-order chi connectivity index (χ1) is 14.5. The molecule has 0 saturated carbocycles. The second-order valence-electron chi connectivity index (χ2n) is 7.28. The first-order valence-corrected chi connectivity index (χ1v) is 9.81. The van der Waals surface area contributed by atoms with E-state index in [2.05, 4.69) is 65.4 Å². The van der Waals surface area contributed by atoms with Gasteiger partial charge in [0.05, 0.1) is 6.04 Å². The van der Waals surface area contributed by atoms with Crippen LogP contribution in [0.4, 0.5) is 0 Å². The number of para-hydroxylation sites is 1. The fourth-order valence-corrected chi connectivity index (χ4v) is 3.71. The number of hydrogen-bond donors (Lipinski definition) is 2. The maximum absolute atomic E-state index is 9.55. The number of likely N-dealkylation sites (N-methyl/N-ethyl adjacent to an activating group) is 1. The SMILES string of the molecule is CN1CCN(C2c3ccccc3COc3ccccc32)CC1.O=C(O)C=CC(=O)O. The van der Waals surface area contributed by atoms with Crippen molar-refractivity contribution in [3.05, 3.63) is 77.4 Å². The molecule has 2 aliphatic rings. The quantitative estimate of drug-likeness (QED) is 0.752. The molecule has 2 aromatic carbocycles. The number of nitrogens with zero attached hydrogens (tertiary/aromatic N) is 2. The fourth-order valence-electron chi connectivity index (χ4n) is 3.71. The van der Waals surface area contributed by atoms with Crippen LogP contribution in [-0.2, 0) is 16.2 Å². The number of carbonyl (C=O) groups is 2. The van der Waals surface area contributed by atoms with E-state index in [0.29, 0.717) is 24.8 Å². The monoisotopic (exact) mass is 410 g/mol. The molecule has 0 radical (unpaired) electrons. The number of carboxylic acids is 2. The summed E-state index contributed by atoms with van der Waals surface area (Å²) in [6, 6.07) is 17.5. The van der Waals surface area contributed by atoms with Gasteiger partial charge < -0.3 is 19.8 Å². The molecule has 158 valence electrons. The summed E-state index contributed by atoms with van der Waals surface area (Å²) in [6.07, 6.45) is 1.12. The summed E-state index contributed by atoms with van der Waals surface area (Å²) in [5.41, 5.74) is 4.01. The predicted octanol–water partition coefficient (Wildman–Crippen LogP) is 2.63. The van der Waals surface area contributed by atoms with Crippen molar-refractivity contribution in [2.45, 2.75) is 12.6 Å². The summed E-state index contributed by atoms with van der Waals surface area (Å²) in [4.78, 5) is 24.1. The van der Waals surface area contributed by atoms with Gasteiger partial charge in [-0.05, 0) is 24.2 Å². The Kier molecular flexibility index (Phi) is 7.21. The van der Waals surface area contributed by atoms with E-state index in [1.807, 2.05) is 0 Å². The molecule has 1 fully saturated rings. The molecule has 0 amide bonds. The van der Waals surface area contributed by atoms with Crippen LogP contribution in [0.1, 0.15) is 22.7 Å². The van der Waals surface area contributed by atoms with Crippen LogP contribution in [0, 0.1) is 0 Å². The highest BCUT2D eigenvalue weighted by Crippen LogP contribution is 2.39. The van der Waals surface area contributed by atoms with Gasteiger partial charge in [-0.1, -0.05) is 42.5 Å². The summed E-state index contributed by atoms with van der Waals surface area (Å²) in [6.45, 7) is 5.12. The van der Waals surface area contributed by atoms with Crippen molar-refractivity contribution in [3.63, 3.8) is 0 Å². The predicted molar refractivity (Wildman–Crippen MR) is 113 cm³/mol. The van der Waals surface area contributed by atoms with Crippen molar-refractivity contribution >= 4 is 11.9 Å². The van der Waals surface area contributed by atoms with E-state index in [-0.39, 0.29) is 0 Å². The molecule has 7 nitrogen and oxygen atoms in total. The minimum atomic E-state index is -1.26. The highest BCUT2D eigenvalue weighted by molar-refractivity contribution is 5.89. The minimum absolute atomic E-state index is 0.309. The number of carboxylic acid groups (broad SMARTS) is 2. The average Bonchev–Trinajstić information content (AvgIpc) is 2.90. The Morgan fingerprint density at radius 1 is 0.900 bits per heavy atom. The van der Waals surface area contributed by atoms with Crippen LogP contribution in [0.3, 0.4) is 0 Å². The molecule has 0 spiro atoms. The summed E-state index contributed by atoms with van der Waals surface area (Å²) in [5, 5.41) is 15.6. The van der Waals surface area contributed by atoms with Crippen LogP contribution in [-0.4, -0.2) is 65.2 Å². The molecule has 2 aromatic rings. The van der Waals surface area contributed by atoms with Crippen molar-refractivity contribution in [2.75, 3.05) is 33.2 Å². The molecular weight excluding hydrogens is 384 g/mol. The van der Waals surface area contributed by atoms with E-state index >= 15 is 0 Å². The van der Waals surface area contributed by atoms with Crippen molar-refractivity contribution < 1.29 is 24.5 Å². The van der Waals surface area contributed by atoms with Crippen LogP contribution in [0.5, 0.6) is 5.75 Å². The number of rotatable bonds is 3. The van der Waals surface area contributed by atoms with Gasteiger partial charge in [-0.3, -0.25) is 4.90 Å². The molecular formula is C23H26N2O5. The van der Waals surface area contributed by atoms with Crippen molar-refractivity contribution in [3.8, 4) is 5.75 Å². The molecule has 0 bridgehead atoms. The van der Waals surface area contributed by atoms with E-state index in [4.69, 9.17) is 14.9 Å². The van der Waals surface area contributed by atoms with E-state index in [9.17, 15) is 9.59 Å². The Balaban J connectivity index is 0.000000275. The van der Waals surface area contributed by atoms with Gasteiger partial charge in [0.1, 0.15) is 12.4 Å². The lowest BCUT2D eigenvalue weighted by Crippen LogP contribution is -2.46. The van der Waals surface area contributed by atoms with E-state index in [1.54, 1.807) is 0 Å². The molecule has 1 atom stereocenters. The molecule has 0 aromatic heterocycles. The largest absolute Gasteiger partial charge is 0.489 e. The summed E-state index contributed by atoms with van der Waals surface area (Å²) in [7, 11) is 2.20. The molecule has 1 unspecified atom stereocenters. The lowest BCUT2D eigenvalue weighted by atomic mass is 9.93. The van der Waals surface area contributed by atoms with Crippen molar-refractivity contribution in [2.24, 2.45) is 0 Å². The van der Waals surface area contributed by atoms with Gasteiger partial charge in [0, 0.05) is 43.9 Å². The fraction of sp³-hybridized carbons (Fsp3) is 0.304. The molecule has 1 saturated heterocycles. The maximum atomic E-state index is 9.55. The number of aliphatic carboxylic acids is 2. The van der Waals surface area contributed by atoms with Crippen LogP contribution < -0.4 is 4.74 Å². The average molecular weight is 410 g/mol. The molecule has 7 heteroatoms. The third-order valence-corrected chi connectivity index (χ3v) is 5.22. The number of ether oxygens (including phenoxy) is 1. The van der Waals surface area contributed by atoms with Gasteiger partial charge in [-0.2, -0.15) is 0 Å². The Morgan fingerprint density at radius 2 is 1.47 bits per heavy atom. The standard InChI is InChI=1S/C19H22N2O.C4H4O4/c1-20-10-12-21(13-11-20)19-16-7-3-2-6-15(16)14-22-18-9-5-4-8-17(18)19;5-3(6)1-2-4(7)8/h2-9,19H,10-14H2,1H3;1-2H,(H,5,6)(H,7,8). The van der Waals surface area contributed by atoms with Gasteiger partial charge in [-0.15, -0.1) is 0 Å². The Hall–Kier alpha value is -3.16. The Morgan fingerprint density at radius 3 is 2.10 bits per heavy atom. The number of piperazine rings is 1. The topological polar surface area (TPSA) is 90.3 Å². The van der Waals surface area contributed by atoms with Crippen LogP contribution in [0.15, 0.2) is 60.7 Å². The van der Waals surface area contributed by atoms with E-state index < -0.39 is 11.9 Å². The molecule has 2 aliphatic heterocycles. The van der Waals surface area contributed by atoms with Gasteiger partial charge in [0.25, 0.3) is 0 Å². The highest BCUT2D eigenvalue weighted by atomic mass is 16.5. The number of hydrogen-bond acceptors (Lipinski definition) is 5. The highest BCUT2D eigenvalue weighted by Gasteiger charge is 2.30.